The SMILES string of the molecule is COc1ccc(C(=O)NCC(=O)OCc2csc(-c3cc(Br)ccc3OC)n2)cc1. The van der Waals surface area contributed by atoms with Crippen molar-refractivity contribution in [3.8, 4) is 22.1 Å². The summed E-state index contributed by atoms with van der Waals surface area (Å²) in [6.07, 6.45) is 0. The summed E-state index contributed by atoms with van der Waals surface area (Å²) in [6.45, 7) is -0.217. The van der Waals surface area contributed by atoms with E-state index in [0.717, 1.165) is 15.0 Å². The highest BCUT2D eigenvalue weighted by Crippen LogP contribution is 2.34. The second-order valence-electron chi connectivity index (χ2n) is 6.06. The van der Waals surface area contributed by atoms with E-state index in [1.807, 2.05) is 23.6 Å². The van der Waals surface area contributed by atoms with Crippen LogP contribution in [0, 0.1) is 0 Å². The predicted octanol–water partition coefficient (Wildman–Crippen LogP) is 4.06. The van der Waals surface area contributed by atoms with E-state index in [2.05, 4.69) is 26.2 Å². The van der Waals surface area contributed by atoms with Crippen LogP contribution in [0.25, 0.3) is 10.6 Å². The highest BCUT2D eigenvalue weighted by Gasteiger charge is 2.13. The highest BCUT2D eigenvalue weighted by atomic mass is 79.9. The van der Waals surface area contributed by atoms with Crippen LogP contribution < -0.4 is 14.8 Å². The molecule has 9 heteroatoms. The van der Waals surface area contributed by atoms with Crippen molar-refractivity contribution < 1.29 is 23.8 Å². The quantitative estimate of drug-likeness (QED) is 0.479. The molecule has 30 heavy (non-hydrogen) atoms. The van der Waals surface area contributed by atoms with Crippen molar-refractivity contribution in [2.45, 2.75) is 6.61 Å². The van der Waals surface area contributed by atoms with Gasteiger partial charge in [0.2, 0.25) is 0 Å². The summed E-state index contributed by atoms with van der Waals surface area (Å²) in [4.78, 5) is 28.6. The Bertz CT molecular complexity index is 1040. The summed E-state index contributed by atoms with van der Waals surface area (Å²) >= 11 is 4.87. The zero-order valence-corrected chi connectivity index (χ0v) is 18.7. The fourth-order valence-corrected chi connectivity index (χ4v) is 3.73. The van der Waals surface area contributed by atoms with Crippen molar-refractivity contribution in [1.29, 1.82) is 0 Å². The van der Waals surface area contributed by atoms with Gasteiger partial charge in [0.25, 0.3) is 5.91 Å². The number of carbonyl (C=O) groups excluding carboxylic acids is 2. The van der Waals surface area contributed by atoms with E-state index in [0.29, 0.717) is 22.8 Å². The largest absolute Gasteiger partial charge is 0.497 e. The van der Waals surface area contributed by atoms with E-state index in [9.17, 15) is 9.59 Å². The van der Waals surface area contributed by atoms with Gasteiger partial charge in [-0.25, -0.2) is 4.98 Å². The van der Waals surface area contributed by atoms with Gasteiger partial charge in [-0.3, -0.25) is 9.59 Å². The van der Waals surface area contributed by atoms with Gasteiger partial charge in [0.1, 0.15) is 29.7 Å². The Morgan fingerprint density at radius 2 is 1.87 bits per heavy atom. The van der Waals surface area contributed by atoms with Crippen LogP contribution in [-0.2, 0) is 16.1 Å². The lowest BCUT2D eigenvalue weighted by Crippen LogP contribution is -2.30. The molecule has 1 heterocycles. The Hall–Kier alpha value is -2.91. The zero-order valence-electron chi connectivity index (χ0n) is 16.3. The molecule has 2 aromatic carbocycles. The molecule has 0 unspecified atom stereocenters. The normalized spacial score (nSPS) is 10.4. The predicted molar refractivity (Wildman–Crippen MR) is 117 cm³/mol. The van der Waals surface area contributed by atoms with Gasteiger partial charge >= 0.3 is 5.97 Å². The van der Waals surface area contributed by atoms with E-state index < -0.39 is 5.97 Å². The van der Waals surface area contributed by atoms with Crippen molar-refractivity contribution in [1.82, 2.24) is 10.3 Å². The van der Waals surface area contributed by atoms with E-state index >= 15 is 0 Å². The van der Waals surface area contributed by atoms with Gasteiger partial charge in [0.15, 0.2) is 0 Å². The third-order valence-corrected chi connectivity index (χ3v) is 5.49. The molecule has 0 aliphatic carbocycles. The van der Waals surface area contributed by atoms with E-state index in [1.54, 1.807) is 38.5 Å². The Kier molecular flexibility index (Phi) is 7.42. The number of amides is 1. The molecule has 0 aliphatic rings. The molecular weight excluding hydrogens is 472 g/mol. The molecule has 1 amide bonds. The number of ether oxygens (including phenoxy) is 3. The minimum Gasteiger partial charge on any atom is -0.497 e. The van der Waals surface area contributed by atoms with E-state index in [-0.39, 0.29) is 19.1 Å². The third-order valence-electron chi connectivity index (χ3n) is 4.07. The van der Waals surface area contributed by atoms with E-state index in [4.69, 9.17) is 14.2 Å². The van der Waals surface area contributed by atoms with Gasteiger partial charge < -0.3 is 19.5 Å². The van der Waals surface area contributed by atoms with Crippen molar-refractivity contribution in [3.63, 3.8) is 0 Å². The third kappa shape index (κ3) is 5.58. The molecule has 7 nitrogen and oxygen atoms in total. The van der Waals surface area contributed by atoms with Crippen LogP contribution in [0.5, 0.6) is 11.5 Å². The average Bonchev–Trinajstić information content (AvgIpc) is 3.25. The van der Waals surface area contributed by atoms with Crippen LogP contribution in [0.15, 0.2) is 52.3 Å². The highest BCUT2D eigenvalue weighted by molar-refractivity contribution is 9.10. The zero-order chi connectivity index (χ0) is 21.5. The van der Waals surface area contributed by atoms with Crippen molar-refractivity contribution in [3.05, 3.63) is 63.6 Å². The summed E-state index contributed by atoms with van der Waals surface area (Å²) in [6, 6.07) is 12.2. The maximum atomic E-state index is 12.1. The number of halogens is 1. The van der Waals surface area contributed by atoms with E-state index in [1.165, 1.54) is 11.3 Å². The number of carbonyl (C=O) groups is 2. The Morgan fingerprint density at radius 3 is 2.57 bits per heavy atom. The summed E-state index contributed by atoms with van der Waals surface area (Å²) in [5.41, 5.74) is 1.89. The number of thiazole rings is 1. The van der Waals surface area contributed by atoms with Crippen LogP contribution in [0.1, 0.15) is 16.1 Å². The lowest BCUT2D eigenvalue weighted by Gasteiger charge is -2.07. The standard InChI is InChI=1S/C21H19BrN2O5S/c1-27-16-6-3-13(4-7-16)20(26)23-10-19(25)29-11-15-12-30-21(24-15)17-9-14(22)5-8-18(17)28-2/h3-9,12H,10-11H2,1-2H3,(H,23,26). The Balaban J connectivity index is 1.52. The molecule has 1 N–H and O–H groups in total. The molecular formula is C21H19BrN2O5S. The first kappa shape index (κ1) is 21.8. The molecule has 156 valence electrons. The van der Waals surface area contributed by atoms with Gasteiger partial charge in [0, 0.05) is 15.4 Å². The van der Waals surface area contributed by atoms with Crippen molar-refractivity contribution in [2.24, 2.45) is 0 Å². The molecule has 1 aromatic heterocycles. The molecule has 0 saturated heterocycles. The molecule has 3 aromatic rings. The Morgan fingerprint density at radius 1 is 1.10 bits per heavy atom. The number of nitrogens with one attached hydrogen (secondary N) is 1. The molecule has 0 saturated carbocycles. The van der Waals surface area contributed by atoms with Gasteiger partial charge in [-0.1, -0.05) is 15.9 Å². The number of esters is 1. The molecule has 3 rings (SSSR count). The van der Waals surface area contributed by atoms with Crippen LogP contribution in [-0.4, -0.2) is 37.6 Å². The monoisotopic (exact) mass is 490 g/mol. The molecule has 0 aliphatic heterocycles. The fraction of sp³-hybridized carbons (Fsp3) is 0.190. The number of hydrogen-bond acceptors (Lipinski definition) is 7. The first-order valence-corrected chi connectivity index (χ1v) is 10.5. The maximum absolute atomic E-state index is 12.1. The average molecular weight is 491 g/mol. The number of rotatable bonds is 8. The molecule has 0 fully saturated rings. The lowest BCUT2D eigenvalue weighted by molar-refractivity contribution is -0.143. The van der Waals surface area contributed by atoms with Crippen molar-refractivity contribution >= 4 is 39.1 Å². The maximum Gasteiger partial charge on any atom is 0.325 e. The van der Waals surface area contributed by atoms with Gasteiger partial charge in [-0.05, 0) is 42.5 Å². The minimum atomic E-state index is -0.550. The van der Waals surface area contributed by atoms with Crippen LogP contribution in [0.3, 0.4) is 0 Å². The second-order valence-corrected chi connectivity index (χ2v) is 7.83. The number of nitrogens with zero attached hydrogens (tertiary/aromatic N) is 1. The van der Waals surface area contributed by atoms with Crippen molar-refractivity contribution in [2.75, 3.05) is 20.8 Å². The smallest absolute Gasteiger partial charge is 0.325 e. The van der Waals surface area contributed by atoms with Gasteiger partial charge in [0.05, 0.1) is 25.5 Å². The fourth-order valence-electron chi connectivity index (χ4n) is 2.55. The molecule has 0 spiro atoms. The lowest BCUT2D eigenvalue weighted by atomic mass is 10.2. The Labute approximate surface area is 186 Å². The second kappa shape index (κ2) is 10.2. The number of aromatic nitrogens is 1. The van der Waals surface area contributed by atoms with Crippen LogP contribution in [0.2, 0.25) is 0 Å². The van der Waals surface area contributed by atoms with Gasteiger partial charge in [-0.15, -0.1) is 11.3 Å². The van der Waals surface area contributed by atoms with Crippen LogP contribution in [0.4, 0.5) is 0 Å². The summed E-state index contributed by atoms with van der Waals surface area (Å²) in [7, 11) is 3.15. The summed E-state index contributed by atoms with van der Waals surface area (Å²) in [5, 5.41) is 5.11. The molecule has 0 bridgehead atoms. The number of methoxy groups -OCH3 is 2. The number of hydrogen-bond donors (Lipinski definition) is 1. The van der Waals surface area contributed by atoms with Gasteiger partial charge in [-0.2, -0.15) is 0 Å². The first-order valence-electron chi connectivity index (χ1n) is 8.86. The topological polar surface area (TPSA) is 86.8 Å². The summed E-state index contributed by atoms with van der Waals surface area (Å²) < 4.78 is 16.6. The minimum absolute atomic E-state index is 0.0179. The summed E-state index contributed by atoms with van der Waals surface area (Å²) in [5.74, 6) is 0.435. The van der Waals surface area contributed by atoms with Crippen LogP contribution >= 0.6 is 27.3 Å². The molecule has 0 radical (unpaired) electrons. The molecule has 0 atom stereocenters. The first-order chi connectivity index (χ1) is 14.5. The number of benzene rings is 2.